The standard InChI is InChI=1S/C22H34N4O3/c1-6-23-22(25-15-18-14-19(16(4)5)26-29-18)24-12-11-17-9-10-20(27-7-2)21(13-17)28-8-3/h9-10,13-14,16H,6-8,11-12,15H2,1-5H3,(H2,23,24,25). The van der Waals surface area contributed by atoms with E-state index in [1.165, 1.54) is 5.56 Å². The van der Waals surface area contributed by atoms with Gasteiger partial charge in [0.1, 0.15) is 6.54 Å². The van der Waals surface area contributed by atoms with Crippen LogP contribution in [0.1, 0.15) is 57.6 Å². The number of ether oxygens (including phenoxy) is 2. The molecule has 2 rings (SSSR count). The highest BCUT2D eigenvalue weighted by Crippen LogP contribution is 2.28. The van der Waals surface area contributed by atoms with Gasteiger partial charge < -0.3 is 24.6 Å². The van der Waals surface area contributed by atoms with Gasteiger partial charge in [0.15, 0.2) is 23.2 Å². The normalized spacial score (nSPS) is 11.6. The van der Waals surface area contributed by atoms with Gasteiger partial charge >= 0.3 is 0 Å². The van der Waals surface area contributed by atoms with Crippen molar-refractivity contribution in [2.75, 3.05) is 26.3 Å². The van der Waals surface area contributed by atoms with Crippen LogP contribution in [-0.4, -0.2) is 37.4 Å². The van der Waals surface area contributed by atoms with E-state index in [4.69, 9.17) is 14.0 Å². The molecule has 0 aliphatic heterocycles. The van der Waals surface area contributed by atoms with Crippen LogP contribution in [-0.2, 0) is 13.0 Å². The summed E-state index contributed by atoms with van der Waals surface area (Å²) in [4.78, 5) is 4.59. The molecule has 29 heavy (non-hydrogen) atoms. The Kier molecular flexibility index (Phi) is 9.34. The third-order valence-corrected chi connectivity index (χ3v) is 4.22. The van der Waals surface area contributed by atoms with Crippen molar-refractivity contribution >= 4 is 5.96 Å². The zero-order valence-corrected chi connectivity index (χ0v) is 18.2. The number of nitrogens with zero attached hydrogens (tertiary/aromatic N) is 2. The Balaban J connectivity index is 1.93. The summed E-state index contributed by atoms with van der Waals surface area (Å²) in [5, 5.41) is 10.7. The number of rotatable bonds is 11. The van der Waals surface area contributed by atoms with Crippen LogP contribution in [0.3, 0.4) is 0 Å². The molecule has 7 heteroatoms. The van der Waals surface area contributed by atoms with Crippen LogP contribution in [0.4, 0.5) is 0 Å². The molecular weight excluding hydrogens is 368 g/mol. The van der Waals surface area contributed by atoms with Gasteiger partial charge in [0, 0.05) is 19.2 Å². The molecule has 160 valence electrons. The smallest absolute Gasteiger partial charge is 0.191 e. The average molecular weight is 403 g/mol. The molecule has 1 aromatic heterocycles. The predicted octanol–water partition coefficient (Wildman–Crippen LogP) is 3.89. The predicted molar refractivity (Wildman–Crippen MR) is 116 cm³/mol. The lowest BCUT2D eigenvalue weighted by Gasteiger charge is -2.14. The molecule has 0 saturated heterocycles. The number of hydrogen-bond acceptors (Lipinski definition) is 5. The van der Waals surface area contributed by atoms with Crippen LogP contribution in [0, 0.1) is 0 Å². The van der Waals surface area contributed by atoms with Crippen LogP contribution in [0.25, 0.3) is 0 Å². The Labute approximate surface area is 173 Å². The molecule has 0 amide bonds. The number of aliphatic imine (C=N–C) groups is 1. The monoisotopic (exact) mass is 402 g/mol. The van der Waals surface area contributed by atoms with Gasteiger partial charge in [-0.25, -0.2) is 4.99 Å². The van der Waals surface area contributed by atoms with Gasteiger partial charge in [0.2, 0.25) is 0 Å². The third-order valence-electron chi connectivity index (χ3n) is 4.22. The zero-order valence-electron chi connectivity index (χ0n) is 18.2. The van der Waals surface area contributed by atoms with Gasteiger partial charge in [0.05, 0.1) is 18.9 Å². The summed E-state index contributed by atoms with van der Waals surface area (Å²) < 4.78 is 16.7. The molecule has 0 unspecified atom stereocenters. The molecule has 7 nitrogen and oxygen atoms in total. The summed E-state index contributed by atoms with van der Waals surface area (Å²) in [5.74, 6) is 3.44. The fourth-order valence-corrected chi connectivity index (χ4v) is 2.75. The van der Waals surface area contributed by atoms with E-state index >= 15 is 0 Å². The number of nitrogens with one attached hydrogen (secondary N) is 2. The molecule has 0 spiro atoms. The molecule has 1 heterocycles. The maximum absolute atomic E-state index is 5.70. The topological polar surface area (TPSA) is 80.9 Å². The number of aromatic nitrogens is 1. The summed E-state index contributed by atoms with van der Waals surface area (Å²) in [7, 11) is 0. The molecule has 0 atom stereocenters. The van der Waals surface area contributed by atoms with Crippen LogP contribution in [0.5, 0.6) is 11.5 Å². The Morgan fingerprint density at radius 1 is 1.07 bits per heavy atom. The van der Waals surface area contributed by atoms with Gasteiger partial charge in [-0.1, -0.05) is 25.1 Å². The minimum atomic E-state index is 0.346. The van der Waals surface area contributed by atoms with Gasteiger partial charge in [0.25, 0.3) is 0 Å². The minimum absolute atomic E-state index is 0.346. The summed E-state index contributed by atoms with van der Waals surface area (Å²) in [6, 6.07) is 8.05. The van der Waals surface area contributed by atoms with Gasteiger partial charge in [-0.3, -0.25) is 0 Å². The maximum Gasteiger partial charge on any atom is 0.191 e. The van der Waals surface area contributed by atoms with E-state index in [1.807, 2.05) is 39.0 Å². The Bertz CT molecular complexity index is 771. The van der Waals surface area contributed by atoms with Crippen molar-refractivity contribution in [3.63, 3.8) is 0 Å². The van der Waals surface area contributed by atoms with E-state index in [0.717, 1.165) is 48.4 Å². The van der Waals surface area contributed by atoms with E-state index < -0.39 is 0 Å². The fourth-order valence-electron chi connectivity index (χ4n) is 2.75. The summed E-state index contributed by atoms with van der Waals surface area (Å²) >= 11 is 0. The first-order valence-electron chi connectivity index (χ1n) is 10.4. The second-order valence-electron chi connectivity index (χ2n) is 6.89. The number of guanidine groups is 1. The molecule has 2 aromatic rings. The van der Waals surface area contributed by atoms with E-state index in [9.17, 15) is 0 Å². The first kappa shape index (κ1) is 22.6. The van der Waals surface area contributed by atoms with Crippen molar-refractivity contribution < 1.29 is 14.0 Å². The lowest BCUT2D eigenvalue weighted by atomic mass is 10.1. The highest BCUT2D eigenvalue weighted by molar-refractivity contribution is 5.79. The molecule has 0 radical (unpaired) electrons. The van der Waals surface area contributed by atoms with Gasteiger partial charge in [-0.15, -0.1) is 0 Å². The maximum atomic E-state index is 5.70. The summed E-state index contributed by atoms with van der Waals surface area (Å²) in [5.41, 5.74) is 2.13. The van der Waals surface area contributed by atoms with Crippen LogP contribution in [0.15, 0.2) is 33.8 Å². The third kappa shape index (κ3) is 7.33. The molecule has 0 aliphatic rings. The highest BCUT2D eigenvalue weighted by atomic mass is 16.5. The molecule has 0 saturated carbocycles. The lowest BCUT2D eigenvalue weighted by Crippen LogP contribution is -2.38. The van der Waals surface area contributed by atoms with Gasteiger partial charge in [-0.2, -0.15) is 0 Å². The number of benzene rings is 1. The van der Waals surface area contributed by atoms with E-state index in [2.05, 4.69) is 40.7 Å². The summed E-state index contributed by atoms with van der Waals surface area (Å²) in [6.07, 6.45) is 0.844. The first-order chi connectivity index (χ1) is 14.1. The van der Waals surface area contributed by atoms with Crippen molar-refractivity contribution in [1.29, 1.82) is 0 Å². The van der Waals surface area contributed by atoms with Crippen molar-refractivity contribution in [3.05, 3.63) is 41.3 Å². The van der Waals surface area contributed by atoms with Crippen molar-refractivity contribution in [1.82, 2.24) is 15.8 Å². The lowest BCUT2D eigenvalue weighted by molar-refractivity contribution is 0.287. The Hall–Kier alpha value is -2.70. The fraction of sp³-hybridized carbons (Fsp3) is 0.545. The van der Waals surface area contributed by atoms with Crippen molar-refractivity contribution in [3.8, 4) is 11.5 Å². The van der Waals surface area contributed by atoms with Gasteiger partial charge in [-0.05, 0) is 50.8 Å². The molecule has 2 N–H and O–H groups in total. The van der Waals surface area contributed by atoms with Crippen LogP contribution < -0.4 is 20.1 Å². The van der Waals surface area contributed by atoms with Crippen LogP contribution >= 0.6 is 0 Å². The van der Waals surface area contributed by atoms with Crippen molar-refractivity contribution in [2.45, 2.75) is 53.5 Å². The van der Waals surface area contributed by atoms with E-state index in [0.29, 0.717) is 25.7 Å². The largest absolute Gasteiger partial charge is 0.490 e. The van der Waals surface area contributed by atoms with E-state index in [1.54, 1.807) is 0 Å². The first-order valence-corrected chi connectivity index (χ1v) is 10.4. The molecule has 0 bridgehead atoms. The quantitative estimate of drug-likeness (QED) is 0.438. The van der Waals surface area contributed by atoms with Crippen molar-refractivity contribution in [2.24, 2.45) is 4.99 Å². The minimum Gasteiger partial charge on any atom is -0.490 e. The highest BCUT2D eigenvalue weighted by Gasteiger charge is 2.08. The second-order valence-corrected chi connectivity index (χ2v) is 6.89. The van der Waals surface area contributed by atoms with E-state index in [-0.39, 0.29) is 0 Å². The number of hydrogen-bond donors (Lipinski definition) is 2. The molecular formula is C22H34N4O3. The molecule has 1 aromatic carbocycles. The summed E-state index contributed by atoms with van der Waals surface area (Å²) in [6.45, 7) is 13.4. The average Bonchev–Trinajstić information content (AvgIpc) is 3.18. The second kappa shape index (κ2) is 12.0. The SMILES string of the molecule is CCNC(=NCc1cc(C(C)C)no1)NCCc1ccc(OCC)c(OCC)c1. The Morgan fingerprint density at radius 3 is 2.48 bits per heavy atom. The Morgan fingerprint density at radius 2 is 1.83 bits per heavy atom. The molecule has 0 fully saturated rings. The molecule has 0 aliphatic carbocycles. The zero-order chi connectivity index (χ0) is 21.1. The van der Waals surface area contributed by atoms with Crippen LogP contribution in [0.2, 0.25) is 0 Å².